The van der Waals surface area contributed by atoms with Gasteiger partial charge in [0.1, 0.15) is 0 Å². The van der Waals surface area contributed by atoms with Crippen LogP contribution in [0.25, 0.3) is 0 Å². The number of rotatable bonds is 5. The minimum Gasteiger partial charge on any atom is -0.329 e. The Hall–Kier alpha value is -0.570. The highest BCUT2D eigenvalue weighted by Crippen LogP contribution is 2.55. The summed E-state index contributed by atoms with van der Waals surface area (Å²) in [5, 5.41) is 0.838. The Morgan fingerprint density at radius 3 is 2.50 bits per heavy atom. The highest BCUT2D eigenvalue weighted by molar-refractivity contribution is 6.31. The Bertz CT molecular complexity index is 428. The molecule has 0 aliphatic heterocycles. The Morgan fingerprint density at radius 1 is 1.39 bits per heavy atom. The molecule has 0 bridgehead atoms. The van der Waals surface area contributed by atoms with Gasteiger partial charge < -0.3 is 5.73 Å². The van der Waals surface area contributed by atoms with Crippen molar-refractivity contribution in [2.45, 2.75) is 38.8 Å². The van der Waals surface area contributed by atoms with Crippen LogP contribution in [0.15, 0.2) is 24.3 Å². The first-order valence-electron chi connectivity index (χ1n) is 6.58. The van der Waals surface area contributed by atoms with E-state index in [1.54, 1.807) is 0 Å². The van der Waals surface area contributed by atoms with Gasteiger partial charge in [0.25, 0.3) is 0 Å². The molecule has 3 heteroatoms. The highest BCUT2D eigenvalue weighted by atomic mass is 35.5. The van der Waals surface area contributed by atoms with E-state index in [0.29, 0.717) is 12.0 Å². The highest BCUT2D eigenvalue weighted by Gasteiger charge is 2.54. The summed E-state index contributed by atoms with van der Waals surface area (Å²) in [7, 11) is 2.15. The maximum absolute atomic E-state index is 6.23. The number of halogens is 1. The van der Waals surface area contributed by atoms with Gasteiger partial charge in [0.15, 0.2) is 0 Å². The van der Waals surface area contributed by atoms with Crippen molar-refractivity contribution in [2.75, 3.05) is 13.6 Å². The van der Waals surface area contributed by atoms with Crippen molar-refractivity contribution in [1.82, 2.24) is 4.90 Å². The first-order valence-corrected chi connectivity index (χ1v) is 6.95. The molecule has 1 aromatic rings. The Balaban J connectivity index is 2.16. The first-order chi connectivity index (χ1) is 8.43. The van der Waals surface area contributed by atoms with Crippen molar-refractivity contribution in [3.05, 3.63) is 34.9 Å². The van der Waals surface area contributed by atoms with Gasteiger partial charge in [0, 0.05) is 23.7 Å². The van der Waals surface area contributed by atoms with Gasteiger partial charge in [-0.15, -0.1) is 0 Å². The molecule has 1 saturated carbocycles. The van der Waals surface area contributed by atoms with Crippen LogP contribution in [-0.2, 0) is 6.54 Å². The zero-order valence-corrected chi connectivity index (χ0v) is 12.3. The van der Waals surface area contributed by atoms with Gasteiger partial charge in [-0.05, 0) is 43.9 Å². The third-order valence-electron chi connectivity index (χ3n) is 4.91. The van der Waals surface area contributed by atoms with Gasteiger partial charge in [-0.25, -0.2) is 0 Å². The van der Waals surface area contributed by atoms with Crippen LogP contribution in [-0.4, -0.2) is 24.0 Å². The molecule has 1 fully saturated rings. The first kappa shape index (κ1) is 13.9. The molecule has 1 aliphatic rings. The van der Waals surface area contributed by atoms with Crippen molar-refractivity contribution >= 4 is 11.6 Å². The molecule has 18 heavy (non-hydrogen) atoms. The van der Waals surface area contributed by atoms with Gasteiger partial charge in [-0.1, -0.05) is 36.7 Å². The minimum absolute atomic E-state index is 0.0478. The smallest absolute Gasteiger partial charge is 0.0451 e. The van der Waals surface area contributed by atoms with E-state index >= 15 is 0 Å². The second-order valence-electron chi connectivity index (χ2n) is 5.99. The third kappa shape index (κ3) is 2.29. The Kier molecular flexibility index (Phi) is 3.72. The van der Waals surface area contributed by atoms with E-state index in [1.807, 2.05) is 18.2 Å². The number of nitrogens with two attached hydrogens (primary N) is 1. The minimum atomic E-state index is 0.0478. The zero-order chi connectivity index (χ0) is 13.4. The van der Waals surface area contributed by atoms with Crippen LogP contribution in [0.1, 0.15) is 32.3 Å². The molecular weight excluding hydrogens is 244 g/mol. The van der Waals surface area contributed by atoms with Gasteiger partial charge in [-0.2, -0.15) is 0 Å². The van der Waals surface area contributed by atoms with E-state index in [1.165, 1.54) is 18.4 Å². The monoisotopic (exact) mass is 266 g/mol. The molecule has 0 spiro atoms. The summed E-state index contributed by atoms with van der Waals surface area (Å²) in [5.41, 5.74) is 7.63. The summed E-state index contributed by atoms with van der Waals surface area (Å²) in [4.78, 5) is 2.36. The van der Waals surface area contributed by atoms with Crippen molar-refractivity contribution in [3.63, 3.8) is 0 Å². The summed E-state index contributed by atoms with van der Waals surface area (Å²) >= 11 is 6.23. The molecule has 2 N–H and O–H groups in total. The summed E-state index contributed by atoms with van der Waals surface area (Å²) in [6.07, 6.45) is 2.54. The lowest BCUT2D eigenvalue weighted by Gasteiger charge is -2.43. The quantitative estimate of drug-likeness (QED) is 0.886. The van der Waals surface area contributed by atoms with Crippen molar-refractivity contribution in [3.8, 4) is 0 Å². The second-order valence-corrected chi connectivity index (χ2v) is 6.39. The van der Waals surface area contributed by atoms with Crippen LogP contribution in [0.5, 0.6) is 0 Å². The standard InChI is InChI=1S/C15H23ClN2/c1-14(8-9-14)15(2,11-17)18(3)10-12-6-4-5-7-13(12)16/h4-7H,8-11,17H2,1-3H3. The van der Waals surface area contributed by atoms with E-state index < -0.39 is 0 Å². The number of hydrogen-bond acceptors (Lipinski definition) is 2. The molecule has 1 aromatic carbocycles. The summed E-state index contributed by atoms with van der Waals surface area (Å²) in [5.74, 6) is 0. The molecular formula is C15H23ClN2. The lowest BCUT2D eigenvalue weighted by atomic mass is 9.82. The number of nitrogens with zero attached hydrogens (tertiary/aromatic N) is 1. The normalized spacial score (nSPS) is 20.8. The molecule has 0 heterocycles. The largest absolute Gasteiger partial charge is 0.329 e. The van der Waals surface area contributed by atoms with Gasteiger partial charge in [0.2, 0.25) is 0 Å². The third-order valence-corrected chi connectivity index (χ3v) is 5.27. The van der Waals surface area contributed by atoms with E-state index in [0.717, 1.165) is 11.6 Å². The Morgan fingerprint density at radius 2 is 2.00 bits per heavy atom. The second kappa shape index (κ2) is 4.84. The lowest BCUT2D eigenvalue weighted by Crippen LogP contribution is -2.55. The van der Waals surface area contributed by atoms with Crippen molar-refractivity contribution in [2.24, 2.45) is 11.1 Å². The van der Waals surface area contributed by atoms with Crippen LogP contribution in [0.3, 0.4) is 0 Å². The van der Waals surface area contributed by atoms with Gasteiger partial charge in [0.05, 0.1) is 0 Å². The molecule has 0 amide bonds. The summed E-state index contributed by atoms with van der Waals surface area (Å²) < 4.78 is 0. The predicted octanol–water partition coefficient (Wildman–Crippen LogP) is 3.29. The SMILES string of the molecule is CN(Cc1ccccc1Cl)C(C)(CN)C1(C)CC1. The molecule has 0 radical (unpaired) electrons. The van der Waals surface area contributed by atoms with Crippen LogP contribution < -0.4 is 5.73 Å². The maximum Gasteiger partial charge on any atom is 0.0451 e. The fraction of sp³-hybridized carbons (Fsp3) is 0.600. The molecule has 100 valence electrons. The number of hydrogen-bond donors (Lipinski definition) is 1. The van der Waals surface area contributed by atoms with Crippen molar-refractivity contribution < 1.29 is 0 Å². The Labute approximate surface area is 115 Å². The molecule has 0 saturated heterocycles. The topological polar surface area (TPSA) is 29.3 Å². The molecule has 1 atom stereocenters. The van der Waals surface area contributed by atoms with Gasteiger partial charge in [-0.3, -0.25) is 4.90 Å². The van der Waals surface area contributed by atoms with Crippen LogP contribution in [0.2, 0.25) is 5.02 Å². The van der Waals surface area contributed by atoms with Gasteiger partial charge >= 0.3 is 0 Å². The number of benzene rings is 1. The van der Waals surface area contributed by atoms with Crippen LogP contribution in [0.4, 0.5) is 0 Å². The fourth-order valence-electron chi connectivity index (χ4n) is 2.65. The zero-order valence-electron chi connectivity index (χ0n) is 11.5. The predicted molar refractivity (Wildman–Crippen MR) is 77.7 cm³/mol. The molecule has 0 aromatic heterocycles. The molecule has 2 rings (SSSR count). The molecule has 1 aliphatic carbocycles. The molecule has 2 nitrogen and oxygen atoms in total. The van der Waals surface area contributed by atoms with Crippen LogP contribution >= 0.6 is 11.6 Å². The average molecular weight is 267 g/mol. The maximum atomic E-state index is 6.23. The van der Waals surface area contributed by atoms with E-state index in [-0.39, 0.29) is 5.54 Å². The fourth-order valence-corrected chi connectivity index (χ4v) is 2.84. The van der Waals surface area contributed by atoms with E-state index in [9.17, 15) is 0 Å². The number of likely N-dealkylation sites (N-methyl/N-ethyl adjacent to an activating group) is 1. The summed E-state index contributed by atoms with van der Waals surface area (Å²) in [6, 6.07) is 8.04. The average Bonchev–Trinajstić information content (AvgIpc) is 3.10. The van der Waals surface area contributed by atoms with E-state index in [4.69, 9.17) is 17.3 Å². The lowest BCUT2D eigenvalue weighted by molar-refractivity contribution is 0.0660. The van der Waals surface area contributed by atoms with Crippen molar-refractivity contribution in [1.29, 1.82) is 0 Å². The van der Waals surface area contributed by atoms with Crippen LogP contribution in [0, 0.1) is 5.41 Å². The summed E-state index contributed by atoms with van der Waals surface area (Å²) in [6.45, 7) is 6.15. The molecule has 1 unspecified atom stereocenters. The van der Waals surface area contributed by atoms with E-state index in [2.05, 4.69) is 31.9 Å².